The molecule has 0 saturated carbocycles. The molecule has 0 aliphatic rings. The summed E-state index contributed by atoms with van der Waals surface area (Å²) in [4.78, 5) is 0. The van der Waals surface area contributed by atoms with E-state index in [-0.39, 0.29) is 0 Å². The minimum atomic E-state index is 1.05. The summed E-state index contributed by atoms with van der Waals surface area (Å²) in [6.07, 6.45) is 70.3. The van der Waals surface area contributed by atoms with E-state index in [0.717, 1.165) is 81.6 Å². The number of aryl methyl sites for hydroxylation is 6. The van der Waals surface area contributed by atoms with Crippen LogP contribution in [-0.4, -0.2) is 0 Å². The maximum atomic E-state index is 3.86. The average molecular weight is 1240 g/mol. The first-order chi connectivity index (χ1) is 45.5. The molecule has 0 aliphatic heterocycles. The van der Waals surface area contributed by atoms with Crippen molar-refractivity contribution in [2.45, 2.75) is 388 Å². The van der Waals surface area contributed by atoms with E-state index in [4.69, 9.17) is 0 Å². The predicted octanol–water partition coefficient (Wildman–Crippen LogP) is 29.6. The largest absolute Gasteiger partial charge is 0.0654 e. The van der Waals surface area contributed by atoms with Gasteiger partial charge in [-0.25, -0.2) is 0 Å². The van der Waals surface area contributed by atoms with Gasteiger partial charge in [0.25, 0.3) is 0 Å². The second-order valence-electron chi connectivity index (χ2n) is 28.5. The van der Waals surface area contributed by atoms with Crippen LogP contribution in [0.4, 0.5) is 0 Å². The molecule has 0 saturated heterocycles. The molecule has 4 bridgehead atoms. The van der Waals surface area contributed by atoms with Crippen molar-refractivity contribution >= 4 is 43.1 Å². The summed E-state index contributed by atoms with van der Waals surface area (Å²) in [5.41, 5.74) is 8.70. The van der Waals surface area contributed by atoms with Crippen LogP contribution in [0.2, 0.25) is 0 Å². The third-order valence-electron chi connectivity index (χ3n) is 19.9. The van der Waals surface area contributed by atoms with E-state index in [0.29, 0.717) is 0 Å². The lowest BCUT2D eigenvalue weighted by atomic mass is 9.94. The molecule has 0 aliphatic carbocycles. The molecule has 0 heterocycles. The van der Waals surface area contributed by atoms with Gasteiger partial charge in [0.15, 0.2) is 0 Å². The van der Waals surface area contributed by atoms with Gasteiger partial charge in [0, 0.05) is 43.1 Å². The molecule has 0 aromatic heterocycles. The molecule has 0 unspecified atom stereocenters. The van der Waals surface area contributed by atoms with Crippen molar-refractivity contribution < 1.29 is 0 Å². The maximum Gasteiger partial charge on any atom is 0.0408 e. The molecular formula is C92H136. The third kappa shape index (κ3) is 35.0. The maximum absolute atomic E-state index is 3.86. The van der Waals surface area contributed by atoms with Gasteiger partial charge >= 0.3 is 0 Å². The molecule has 5 aromatic rings. The Hall–Kier alpha value is -4.88. The van der Waals surface area contributed by atoms with Crippen molar-refractivity contribution in [3.63, 3.8) is 0 Å². The van der Waals surface area contributed by atoms with Crippen LogP contribution in [0.5, 0.6) is 0 Å². The van der Waals surface area contributed by atoms with Crippen LogP contribution < -0.4 is 0 Å². The number of rotatable bonds is 54. The van der Waals surface area contributed by atoms with Gasteiger partial charge in [-0.3, -0.25) is 0 Å². The van der Waals surface area contributed by atoms with Gasteiger partial charge in [0.2, 0.25) is 0 Å². The second kappa shape index (κ2) is 52.4. The number of unbranched alkanes of at least 4 members (excludes halogenated alkanes) is 42. The van der Waals surface area contributed by atoms with Crippen LogP contribution in [0, 0.1) is 48.5 Å². The van der Waals surface area contributed by atoms with Crippen molar-refractivity contribution in [3.8, 4) is 0 Å². The molecule has 0 spiro atoms. The first-order valence-electron chi connectivity index (χ1n) is 40.1. The summed E-state index contributed by atoms with van der Waals surface area (Å²) in [6, 6.07) is 54.8. The fraction of sp³-hybridized carbons (Fsp3) is 0.652. The summed E-state index contributed by atoms with van der Waals surface area (Å²) in [5.74, 6) is 0. The topological polar surface area (TPSA) is 0 Å². The molecule has 5 aromatic carbocycles. The molecule has 0 atom stereocenters. The third-order valence-corrected chi connectivity index (χ3v) is 19.9. The normalized spacial score (nSPS) is 11.2. The van der Waals surface area contributed by atoms with E-state index in [1.54, 1.807) is 0 Å². The van der Waals surface area contributed by atoms with E-state index in [9.17, 15) is 0 Å². The van der Waals surface area contributed by atoms with Crippen molar-refractivity contribution in [3.05, 3.63) is 143 Å². The van der Waals surface area contributed by atoms with Crippen LogP contribution in [0.15, 0.2) is 60.7 Å². The Balaban J connectivity index is 1.71. The van der Waals surface area contributed by atoms with E-state index in [1.165, 1.54) is 342 Å². The van der Waals surface area contributed by atoms with Gasteiger partial charge in [-0.1, -0.05) is 360 Å². The minimum Gasteiger partial charge on any atom is -0.0654 e. The number of hydrogen-bond acceptors (Lipinski definition) is 0. The van der Waals surface area contributed by atoms with Gasteiger partial charge in [-0.15, -0.1) is 0 Å². The zero-order valence-electron chi connectivity index (χ0n) is 61.0. The minimum absolute atomic E-state index is 1.05. The highest BCUT2D eigenvalue weighted by molar-refractivity contribution is 5.83. The molecule has 5 rings (SSSR count). The molecule has 0 heteroatoms. The molecule has 92 heavy (non-hydrogen) atoms. The first-order valence-corrected chi connectivity index (χ1v) is 40.1. The molecule has 0 amide bonds. The van der Waals surface area contributed by atoms with Crippen LogP contribution >= 0.6 is 0 Å². The van der Waals surface area contributed by atoms with Crippen LogP contribution in [-0.2, 0) is 38.5 Å². The summed E-state index contributed by atoms with van der Waals surface area (Å²) in [5, 5.41) is 8.55. The average Bonchev–Trinajstić information content (AvgIpc) is 1.44. The van der Waals surface area contributed by atoms with Crippen molar-refractivity contribution in [1.29, 1.82) is 0 Å². The van der Waals surface area contributed by atoms with Gasteiger partial charge < -0.3 is 0 Å². The lowest BCUT2D eigenvalue weighted by Crippen LogP contribution is -1.96. The van der Waals surface area contributed by atoms with Crippen LogP contribution in [0.1, 0.15) is 383 Å². The predicted molar refractivity (Wildman–Crippen MR) is 409 cm³/mol. The molecule has 0 nitrogen and oxygen atoms in total. The SMILES string of the molecule is CCCCCCCCCCc1cc2c#cc3cc(CCCCCCCCCC)c(CCCCCCCCCC)cc3c#cc3cc(CCCCCCCCCC)cc(c#cc4cc(CCCCCCCCCC)c(CCCCCCCCCC)cc4c#cc(c1)c2)c3. The monoisotopic (exact) mass is 1240 g/mol. The Kier molecular flexibility index (Phi) is 44.3. The number of benzene rings is 4. The highest BCUT2D eigenvalue weighted by Gasteiger charge is 2.10. The molecule has 0 N–H and O–H groups in total. The Bertz CT molecular complexity index is 2460. The zero-order chi connectivity index (χ0) is 65.0. The number of fused-ring (bicyclic) bond motifs is 6. The van der Waals surface area contributed by atoms with Crippen LogP contribution in [0.25, 0.3) is 43.1 Å². The quantitative estimate of drug-likeness (QED) is 0.0340. The zero-order valence-corrected chi connectivity index (χ0v) is 61.0. The smallest absolute Gasteiger partial charge is 0.0408 e. The van der Waals surface area contributed by atoms with Crippen molar-refractivity contribution in [1.82, 2.24) is 0 Å². The first kappa shape index (κ1) is 77.8. The van der Waals surface area contributed by atoms with E-state index >= 15 is 0 Å². The second-order valence-corrected chi connectivity index (χ2v) is 28.5. The highest BCUT2D eigenvalue weighted by Crippen LogP contribution is 2.27. The van der Waals surface area contributed by atoms with E-state index < -0.39 is 0 Å². The molecule has 0 fully saturated rings. The van der Waals surface area contributed by atoms with E-state index in [2.05, 4.69) is 151 Å². The Morgan fingerprint density at radius 1 is 0.163 bits per heavy atom. The summed E-state index contributed by atoms with van der Waals surface area (Å²) >= 11 is 0. The summed E-state index contributed by atoms with van der Waals surface area (Å²) in [7, 11) is 0. The van der Waals surface area contributed by atoms with Crippen molar-refractivity contribution in [2.75, 3.05) is 0 Å². The van der Waals surface area contributed by atoms with Crippen LogP contribution in [0.3, 0.4) is 0 Å². The van der Waals surface area contributed by atoms with Gasteiger partial charge in [0.05, 0.1) is 0 Å². The lowest BCUT2D eigenvalue weighted by molar-refractivity contribution is 0.571. The lowest BCUT2D eigenvalue weighted by Gasteiger charge is -2.11. The summed E-state index contributed by atoms with van der Waals surface area (Å²) in [6.45, 7) is 13.9. The Morgan fingerprint density at radius 3 is 0.511 bits per heavy atom. The molecule has 0 radical (unpaired) electrons. The molecule has 504 valence electrons. The van der Waals surface area contributed by atoms with Crippen molar-refractivity contribution in [2.24, 2.45) is 0 Å². The van der Waals surface area contributed by atoms with Gasteiger partial charge in [-0.05, 0) is 171 Å². The fourth-order valence-corrected chi connectivity index (χ4v) is 14.0. The Labute approximate surface area is 570 Å². The Morgan fingerprint density at radius 2 is 0.326 bits per heavy atom. The fourth-order valence-electron chi connectivity index (χ4n) is 14.0. The standard InChI is InChI=1S/C92H136/c1-7-13-19-25-31-37-43-49-55-79-69-81-61-65-89-75-85(57-51-45-39-33-27-21-15-9-3)87(59-53-47-41-35-29-23-17-11-5)77-91(89)67-63-83-71-80(56-50-44-38-32-26-20-14-8-2)72-84(74-83)64-68-92-78-88(60-54-48-42-36-30-24-18-12-6)86(58-52-46-40-34-28-22-16-10-4)76-90(92)66-62-82(70-79)73-81/h69-78H,7-60H2,1-6H3. The van der Waals surface area contributed by atoms with E-state index in [1.807, 2.05) is 0 Å². The van der Waals surface area contributed by atoms with Gasteiger partial charge in [-0.2, -0.15) is 0 Å². The summed E-state index contributed by atoms with van der Waals surface area (Å²) < 4.78 is 0. The number of hydrogen-bond donors (Lipinski definition) is 0. The van der Waals surface area contributed by atoms with Gasteiger partial charge in [0.1, 0.15) is 0 Å². The highest BCUT2D eigenvalue weighted by atomic mass is 14.1. The molecular weight excluding hydrogens is 1110 g/mol.